The standard InChI is InChI=1S/C19H21NO6S/c1-12-10-13(2)16(27(5,23)24)11-15(12)20-9-7-6-8-14(18(21)25-3)17(20)19(22)26-4/h6-11H,1-5H3. The monoisotopic (exact) mass is 391 g/mol. The van der Waals surface area contributed by atoms with Crippen LogP contribution in [0.4, 0.5) is 5.69 Å². The van der Waals surface area contributed by atoms with E-state index in [2.05, 4.69) is 0 Å². The van der Waals surface area contributed by atoms with Crippen LogP contribution < -0.4 is 4.90 Å². The van der Waals surface area contributed by atoms with Gasteiger partial charge in [0.25, 0.3) is 0 Å². The van der Waals surface area contributed by atoms with E-state index in [-0.39, 0.29) is 16.2 Å². The molecule has 0 N–H and O–H groups in total. The Balaban J connectivity index is 2.82. The van der Waals surface area contributed by atoms with E-state index in [1.54, 1.807) is 38.3 Å². The first-order valence-corrected chi connectivity index (χ1v) is 9.87. The Bertz CT molecular complexity index is 986. The van der Waals surface area contributed by atoms with Crippen molar-refractivity contribution in [2.45, 2.75) is 18.7 Å². The first-order valence-electron chi connectivity index (χ1n) is 7.98. The van der Waals surface area contributed by atoms with Crippen molar-refractivity contribution in [2.75, 3.05) is 25.4 Å². The largest absolute Gasteiger partial charge is 0.465 e. The minimum atomic E-state index is -3.49. The molecule has 0 bridgehead atoms. The number of ether oxygens (including phenoxy) is 2. The number of aryl methyl sites for hydroxylation is 2. The number of sulfone groups is 1. The lowest BCUT2D eigenvalue weighted by Crippen LogP contribution is -2.27. The summed E-state index contributed by atoms with van der Waals surface area (Å²) in [4.78, 5) is 26.3. The fraction of sp³-hybridized carbons (Fsp3) is 0.263. The molecule has 0 radical (unpaired) electrons. The van der Waals surface area contributed by atoms with E-state index >= 15 is 0 Å². The molecule has 0 aliphatic carbocycles. The van der Waals surface area contributed by atoms with E-state index in [1.165, 1.54) is 31.3 Å². The van der Waals surface area contributed by atoms with Gasteiger partial charge >= 0.3 is 11.9 Å². The molecule has 0 amide bonds. The van der Waals surface area contributed by atoms with Gasteiger partial charge in [-0.15, -0.1) is 0 Å². The zero-order valence-electron chi connectivity index (χ0n) is 15.8. The summed E-state index contributed by atoms with van der Waals surface area (Å²) in [5.74, 6) is -1.47. The number of nitrogens with zero attached hydrogens (tertiary/aromatic N) is 1. The van der Waals surface area contributed by atoms with E-state index in [1.807, 2.05) is 0 Å². The molecule has 0 saturated heterocycles. The normalized spacial score (nSPS) is 14.2. The molecule has 0 spiro atoms. The van der Waals surface area contributed by atoms with Crippen LogP contribution in [0.2, 0.25) is 0 Å². The molecule has 0 aromatic heterocycles. The number of methoxy groups -OCH3 is 2. The van der Waals surface area contributed by atoms with Crippen LogP contribution in [-0.2, 0) is 28.9 Å². The summed E-state index contributed by atoms with van der Waals surface area (Å²) in [7, 11) is -1.08. The van der Waals surface area contributed by atoms with Gasteiger partial charge in [0.15, 0.2) is 9.84 Å². The summed E-state index contributed by atoms with van der Waals surface area (Å²) >= 11 is 0. The maximum Gasteiger partial charge on any atom is 0.355 e. The van der Waals surface area contributed by atoms with E-state index in [9.17, 15) is 18.0 Å². The summed E-state index contributed by atoms with van der Waals surface area (Å²) in [6.45, 7) is 3.48. The number of carbonyl (C=O) groups is 2. The molecule has 7 nitrogen and oxygen atoms in total. The molecule has 0 saturated carbocycles. The molecule has 0 unspecified atom stereocenters. The third-order valence-electron chi connectivity index (χ3n) is 4.04. The zero-order valence-corrected chi connectivity index (χ0v) is 16.6. The van der Waals surface area contributed by atoms with Crippen molar-refractivity contribution in [2.24, 2.45) is 0 Å². The molecule has 2 rings (SSSR count). The molecule has 0 atom stereocenters. The number of rotatable bonds is 4. The molecule has 1 aliphatic heterocycles. The molecule has 1 aromatic rings. The number of hydrogen-bond donors (Lipinski definition) is 0. The number of benzene rings is 1. The van der Waals surface area contributed by atoms with Crippen LogP contribution in [0, 0.1) is 13.8 Å². The molecular formula is C19H21NO6S. The summed E-state index contributed by atoms with van der Waals surface area (Å²) in [6, 6.07) is 3.19. The average Bonchev–Trinajstić information content (AvgIpc) is 2.82. The molecular weight excluding hydrogens is 370 g/mol. The Kier molecular flexibility index (Phi) is 5.90. The fourth-order valence-electron chi connectivity index (χ4n) is 2.83. The second-order valence-corrected chi connectivity index (χ2v) is 7.98. The van der Waals surface area contributed by atoms with Gasteiger partial charge in [-0.25, -0.2) is 18.0 Å². The number of esters is 2. The van der Waals surface area contributed by atoms with Gasteiger partial charge in [-0.3, -0.25) is 0 Å². The van der Waals surface area contributed by atoms with Crippen molar-refractivity contribution in [3.63, 3.8) is 0 Å². The molecule has 0 fully saturated rings. The van der Waals surface area contributed by atoms with Gasteiger partial charge in [0.05, 0.1) is 30.4 Å². The van der Waals surface area contributed by atoms with Gasteiger partial charge in [-0.2, -0.15) is 0 Å². The molecule has 27 heavy (non-hydrogen) atoms. The maximum atomic E-state index is 12.5. The summed E-state index contributed by atoms with van der Waals surface area (Å²) in [5, 5.41) is 0. The third kappa shape index (κ3) is 4.11. The highest BCUT2D eigenvalue weighted by atomic mass is 32.2. The predicted octanol–water partition coefficient (Wildman–Crippen LogP) is 2.20. The molecule has 1 heterocycles. The Morgan fingerprint density at radius 1 is 0.963 bits per heavy atom. The average molecular weight is 391 g/mol. The van der Waals surface area contributed by atoms with E-state index in [0.29, 0.717) is 11.3 Å². The lowest BCUT2D eigenvalue weighted by Gasteiger charge is -2.25. The Hall–Kier alpha value is -2.87. The van der Waals surface area contributed by atoms with Crippen LogP contribution in [0.25, 0.3) is 0 Å². The van der Waals surface area contributed by atoms with Gasteiger partial charge in [-0.05, 0) is 43.2 Å². The second-order valence-electron chi connectivity index (χ2n) is 5.99. The first kappa shape index (κ1) is 20.4. The minimum Gasteiger partial charge on any atom is -0.465 e. The SMILES string of the molecule is COC(=O)C1=C(C(=O)OC)N(c2cc(S(C)(=O)=O)c(C)cc2C)C=CC=C1. The van der Waals surface area contributed by atoms with Crippen molar-refractivity contribution in [1.29, 1.82) is 0 Å². The topological polar surface area (TPSA) is 90.0 Å². The fourth-order valence-corrected chi connectivity index (χ4v) is 3.80. The smallest absolute Gasteiger partial charge is 0.355 e. The molecule has 8 heteroatoms. The van der Waals surface area contributed by atoms with Gasteiger partial charge in [0.1, 0.15) is 5.70 Å². The maximum absolute atomic E-state index is 12.5. The van der Waals surface area contributed by atoms with Crippen LogP contribution in [0.3, 0.4) is 0 Å². The molecule has 1 aliphatic rings. The van der Waals surface area contributed by atoms with Gasteiger partial charge < -0.3 is 14.4 Å². The van der Waals surface area contributed by atoms with Crippen molar-refractivity contribution >= 4 is 27.5 Å². The quantitative estimate of drug-likeness (QED) is 0.727. The Morgan fingerprint density at radius 2 is 1.59 bits per heavy atom. The number of anilines is 1. The first-order chi connectivity index (χ1) is 12.6. The minimum absolute atomic E-state index is 0.00442. The van der Waals surface area contributed by atoms with Gasteiger partial charge in [-0.1, -0.05) is 12.1 Å². The van der Waals surface area contributed by atoms with Crippen LogP contribution in [0.1, 0.15) is 11.1 Å². The van der Waals surface area contributed by atoms with Gasteiger partial charge in [0, 0.05) is 12.5 Å². The van der Waals surface area contributed by atoms with E-state index in [4.69, 9.17) is 9.47 Å². The highest BCUT2D eigenvalue weighted by Gasteiger charge is 2.29. The lowest BCUT2D eigenvalue weighted by molar-refractivity contribution is -0.139. The van der Waals surface area contributed by atoms with Crippen LogP contribution >= 0.6 is 0 Å². The zero-order chi connectivity index (χ0) is 20.4. The summed E-state index contributed by atoms with van der Waals surface area (Å²) in [6.07, 6.45) is 7.32. The summed E-state index contributed by atoms with van der Waals surface area (Å²) in [5.41, 5.74) is 1.67. The number of allylic oxidation sites excluding steroid dienone is 2. The van der Waals surface area contributed by atoms with Crippen LogP contribution in [-0.4, -0.2) is 40.8 Å². The Morgan fingerprint density at radius 3 is 2.15 bits per heavy atom. The number of hydrogen-bond acceptors (Lipinski definition) is 7. The van der Waals surface area contributed by atoms with Crippen molar-refractivity contribution < 1.29 is 27.5 Å². The third-order valence-corrected chi connectivity index (χ3v) is 5.28. The van der Waals surface area contributed by atoms with Crippen molar-refractivity contribution in [1.82, 2.24) is 0 Å². The van der Waals surface area contributed by atoms with E-state index in [0.717, 1.165) is 11.8 Å². The van der Waals surface area contributed by atoms with Crippen LogP contribution in [0.5, 0.6) is 0 Å². The van der Waals surface area contributed by atoms with Crippen LogP contribution in [0.15, 0.2) is 52.7 Å². The summed E-state index contributed by atoms with van der Waals surface area (Å²) < 4.78 is 33.9. The molecule has 1 aromatic carbocycles. The number of carbonyl (C=O) groups excluding carboxylic acids is 2. The van der Waals surface area contributed by atoms with Crippen molar-refractivity contribution in [3.05, 3.63) is 59.0 Å². The van der Waals surface area contributed by atoms with E-state index < -0.39 is 21.8 Å². The second kappa shape index (κ2) is 7.79. The lowest BCUT2D eigenvalue weighted by atomic mass is 10.1. The van der Waals surface area contributed by atoms with Gasteiger partial charge in [0.2, 0.25) is 0 Å². The Labute approximate surface area is 158 Å². The predicted molar refractivity (Wildman–Crippen MR) is 101 cm³/mol. The highest BCUT2D eigenvalue weighted by molar-refractivity contribution is 7.90. The highest BCUT2D eigenvalue weighted by Crippen LogP contribution is 2.32. The van der Waals surface area contributed by atoms with Crippen molar-refractivity contribution in [3.8, 4) is 0 Å². The molecule has 144 valence electrons.